The van der Waals surface area contributed by atoms with Crippen LogP contribution in [0.15, 0.2) is 121 Å². The van der Waals surface area contributed by atoms with Gasteiger partial charge in [0, 0.05) is 11.7 Å². The van der Waals surface area contributed by atoms with Gasteiger partial charge in [-0.2, -0.15) is 0 Å². The Labute approximate surface area is 169 Å². The van der Waals surface area contributed by atoms with Gasteiger partial charge in [0.1, 0.15) is 0 Å². The van der Waals surface area contributed by atoms with Crippen LogP contribution in [0.4, 0.5) is 5.69 Å². The summed E-state index contributed by atoms with van der Waals surface area (Å²) in [7, 11) is -1.20. The summed E-state index contributed by atoms with van der Waals surface area (Å²) in [6.45, 7) is 2.32. The molecule has 0 fully saturated rings. The molecule has 0 unspecified atom stereocenters. The van der Waals surface area contributed by atoms with Crippen LogP contribution in [0.5, 0.6) is 0 Å². The predicted octanol–water partition coefficient (Wildman–Crippen LogP) is 5.06. The van der Waals surface area contributed by atoms with Gasteiger partial charge in [-0.1, -0.05) is 109 Å². The highest BCUT2D eigenvalue weighted by atomic mass is 28.3. The van der Waals surface area contributed by atoms with E-state index in [4.69, 9.17) is 0 Å². The van der Waals surface area contributed by atoms with Crippen LogP contribution < -0.4 is 14.9 Å². The van der Waals surface area contributed by atoms with E-state index in [-0.39, 0.29) is 6.04 Å². The Kier molecular flexibility index (Phi) is 5.69. The minimum Gasteiger partial charge on any atom is -0.384 e. The van der Waals surface area contributed by atoms with Crippen molar-refractivity contribution >= 4 is 25.0 Å². The van der Waals surface area contributed by atoms with Gasteiger partial charge in [0.2, 0.25) is 8.96 Å². The molecule has 0 aromatic heterocycles. The van der Waals surface area contributed by atoms with Gasteiger partial charge in [-0.05, 0) is 35.0 Å². The van der Waals surface area contributed by atoms with Gasteiger partial charge in [-0.15, -0.1) is 0 Å². The maximum absolute atomic E-state index is 2.63. The normalized spacial score (nSPS) is 11.9. The summed E-state index contributed by atoms with van der Waals surface area (Å²) in [4.78, 5) is 0. The fourth-order valence-corrected chi connectivity index (χ4v) is 6.50. The Morgan fingerprint density at radius 3 is 1.39 bits per heavy atom. The quantitative estimate of drug-likeness (QED) is 0.424. The molecule has 1 atom stereocenters. The van der Waals surface area contributed by atoms with Gasteiger partial charge in [-0.3, -0.25) is 0 Å². The topological polar surface area (TPSA) is 3.24 Å². The van der Waals surface area contributed by atoms with Crippen LogP contribution in [-0.4, -0.2) is 8.96 Å². The maximum atomic E-state index is 2.63. The first kappa shape index (κ1) is 18.3. The van der Waals surface area contributed by atoms with E-state index in [1.54, 1.807) is 0 Å². The molecule has 4 aromatic carbocycles. The molecule has 0 heterocycles. The lowest BCUT2D eigenvalue weighted by molar-refractivity contribution is 0.805. The lowest BCUT2D eigenvalue weighted by Gasteiger charge is -2.38. The van der Waals surface area contributed by atoms with Crippen molar-refractivity contribution in [3.05, 3.63) is 127 Å². The van der Waals surface area contributed by atoms with Crippen molar-refractivity contribution in [1.82, 2.24) is 0 Å². The van der Waals surface area contributed by atoms with Crippen LogP contribution in [-0.2, 0) is 0 Å². The summed E-state index contributed by atoms with van der Waals surface area (Å²) in [6, 6.07) is 43.8. The Hall–Kier alpha value is -3.10. The minimum absolute atomic E-state index is 0.262. The highest BCUT2D eigenvalue weighted by Crippen LogP contribution is 2.28. The van der Waals surface area contributed by atoms with E-state index < -0.39 is 8.96 Å². The summed E-state index contributed by atoms with van der Waals surface area (Å²) in [6.07, 6.45) is 0. The van der Waals surface area contributed by atoms with Crippen molar-refractivity contribution in [2.75, 3.05) is 4.57 Å². The van der Waals surface area contributed by atoms with E-state index >= 15 is 0 Å². The van der Waals surface area contributed by atoms with Crippen LogP contribution in [0.3, 0.4) is 0 Å². The molecule has 1 nitrogen and oxygen atoms in total. The maximum Gasteiger partial charge on any atom is 0.242 e. The fourth-order valence-electron chi connectivity index (χ4n) is 3.65. The fraction of sp³-hybridized carbons (Fsp3) is 0.0769. The van der Waals surface area contributed by atoms with E-state index in [0.29, 0.717) is 0 Å². The summed E-state index contributed by atoms with van der Waals surface area (Å²) in [5.41, 5.74) is 2.60. The molecule has 1 radical (unpaired) electrons. The van der Waals surface area contributed by atoms with E-state index in [1.807, 2.05) is 0 Å². The van der Waals surface area contributed by atoms with Crippen LogP contribution in [0, 0.1) is 0 Å². The predicted molar refractivity (Wildman–Crippen MR) is 122 cm³/mol. The van der Waals surface area contributed by atoms with Gasteiger partial charge in [0.25, 0.3) is 0 Å². The molecule has 4 rings (SSSR count). The van der Waals surface area contributed by atoms with Crippen molar-refractivity contribution in [1.29, 1.82) is 0 Å². The molecule has 0 aliphatic heterocycles. The monoisotopic (exact) mass is 378 g/mol. The number of hydrogen-bond acceptors (Lipinski definition) is 1. The second-order valence-corrected chi connectivity index (χ2v) is 9.21. The lowest BCUT2D eigenvalue weighted by atomic mass is 10.1. The first-order chi connectivity index (χ1) is 13.8. The average molecular weight is 379 g/mol. The molecule has 0 amide bonds. The third kappa shape index (κ3) is 3.92. The molecule has 0 saturated carbocycles. The average Bonchev–Trinajstić information content (AvgIpc) is 2.79. The number of para-hydroxylation sites is 1. The first-order valence-electron chi connectivity index (χ1n) is 9.71. The van der Waals surface area contributed by atoms with Crippen LogP contribution in [0.25, 0.3) is 0 Å². The van der Waals surface area contributed by atoms with E-state index in [9.17, 15) is 0 Å². The zero-order valence-electron chi connectivity index (χ0n) is 16.1. The molecular formula is C26H24NSi. The van der Waals surface area contributed by atoms with Crippen molar-refractivity contribution in [3.63, 3.8) is 0 Å². The van der Waals surface area contributed by atoms with Crippen LogP contribution in [0.1, 0.15) is 18.5 Å². The van der Waals surface area contributed by atoms with Gasteiger partial charge >= 0.3 is 0 Å². The lowest BCUT2D eigenvalue weighted by Crippen LogP contribution is -2.57. The van der Waals surface area contributed by atoms with E-state index in [2.05, 4.69) is 133 Å². The second-order valence-electron chi connectivity index (χ2n) is 6.87. The third-order valence-corrected chi connectivity index (χ3v) is 7.93. The Bertz CT molecular complexity index is 932. The molecule has 28 heavy (non-hydrogen) atoms. The molecule has 0 saturated heterocycles. The van der Waals surface area contributed by atoms with Gasteiger partial charge in [0.05, 0.1) is 0 Å². The number of benzene rings is 4. The highest BCUT2D eigenvalue weighted by Gasteiger charge is 2.30. The van der Waals surface area contributed by atoms with Crippen molar-refractivity contribution in [3.8, 4) is 0 Å². The summed E-state index contributed by atoms with van der Waals surface area (Å²) in [5.74, 6) is 0. The van der Waals surface area contributed by atoms with Crippen molar-refractivity contribution < 1.29 is 0 Å². The molecule has 0 aliphatic carbocycles. The largest absolute Gasteiger partial charge is 0.384 e. The standard InChI is InChI=1S/C26H24NSi/c1-22(23-14-6-2-7-15-23)27(24-16-8-3-9-17-24)28(25-18-10-4-11-19-25)26-20-12-5-13-21-26/h2-22H,1H3/t22-/m1/s1. The van der Waals surface area contributed by atoms with Gasteiger partial charge in [0.15, 0.2) is 0 Å². The second kappa shape index (κ2) is 8.72. The number of hydrogen-bond donors (Lipinski definition) is 0. The molecule has 0 aliphatic rings. The minimum atomic E-state index is -1.20. The van der Waals surface area contributed by atoms with Crippen molar-refractivity contribution in [2.45, 2.75) is 13.0 Å². The summed E-state index contributed by atoms with van der Waals surface area (Å²) < 4.78 is 2.63. The molecule has 137 valence electrons. The number of rotatable bonds is 6. The molecule has 0 spiro atoms. The molecule has 4 aromatic rings. The SMILES string of the molecule is C[C@H](c1ccccc1)N(c1ccccc1)[Si](c1ccccc1)c1ccccc1. The number of nitrogens with zero attached hydrogens (tertiary/aromatic N) is 1. The molecule has 2 heteroatoms. The molecule has 0 bridgehead atoms. The Morgan fingerprint density at radius 1 is 0.536 bits per heavy atom. The Balaban J connectivity index is 1.89. The zero-order chi connectivity index (χ0) is 19.2. The van der Waals surface area contributed by atoms with Gasteiger partial charge < -0.3 is 4.57 Å². The smallest absolute Gasteiger partial charge is 0.242 e. The zero-order valence-corrected chi connectivity index (χ0v) is 17.1. The van der Waals surface area contributed by atoms with Crippen molar-refractivity contribution in [2.24, 2.45) is 0 Å². The van der Waals surface area contributed by atoms with E-state index in [1.165, 1.54) is 21.6 Å². The van der Waals surface area contributed by atoms with Crippen LogP contribution in [0.2, 0.25) is 0 Å². The first-order valence-corrected chi connectivity index (χ1v) is 11.2. The number of anilines is 1. The third-order valence-electron chi connectivity index (χ3n) is 5.04. The van der Waals surface area contributed by atoms with E-state index in [0.717, 1.165) is 0 Å². The van der Waals surface area contributed by atoms with Crippen LogP contribution >= 0.6 is 0 Å². The van der Waals surface area contributed by atoms with Gasteiger partial charge in [-0.25, -0.2) is 0 Å². The Morgan fingerprint density at radius 2 is 0.929 bits per heavy atom. The molecular weight excluding hydrogens is 354 g/mol. The summed E-state index contributed by atoms with van der Waals surface area (Å²) >= 11 is 0. The highest BCUT2D eigenvalue weighted by molar-refractivity contribution is 6.88. The molecule has 0 N–H and O–H groups in total. The summed E-state index contributed by atoms with van der Waals surface area (Å²) in [5, 5.41) is 2.79.